The topological polar surface area (TPSA) is 162 Å². The maximum Gasteiger partial charge on any atom is 0.410 e. The second-order valence-corrected chi connectivity index (χ2v) is 13.2. The second-order valence-electron chi connectivity index (χ2n) is 11.9. The molecule has 0 saturated carbocycles. The summed E-state index contributed by atoms with van der Waals surface area (Å²) < 4.78 is 8.09. The third-order valence-electron chi connectivity index (χ3n) is 7.22. The van der Waals surface area contributed by atoms with Gasteiger partial charge in [0.25, 0.3) is 11.8 Å². The lowest BCUT2D eigenvalue weighted by Gasteiger charge is -2.35. The van der Waals surface area contributed by atoms with E-state index in [0.717, 1.165) is 9.26 Å². The molecule has 4 aromatic rings. The number of benzene rings is 2. The number of halogens is 1. The third-order valence-corrected chi connectivity index (χ3v) is 7.89. The molecule has 2 aliphatic heterocycles. The number of hydrogen-bond donors (Lipinski definition) is 4. The van der Waals surface area contributed by atoms with E-state index in [-0.39, 0.29) is 17.7 Å². The minimum atomic E-state index is -0.603. The second kappa shape index (κ2) is 12.9. The van der Waals surface area contributed by atoms with Crippen molar-refractivity contribution in [3.8, 4) is 0 Å². The van der Waals surface area contributed by atoms with Crippen molar-refractivity contribution in [2.75, 3.05) is 36.8 Å². The van der Waals surface area contributed by atoms with Crippen molar-refractivity contribution in [3.05, 3.63) is 81.2 Å². The molecule has 6 rings (SSSR count). The summed E-state index contributed by atoms with van der Waals surface area (Å²) in [5, 5.41) is 15.8. The first-order valence-corrected chi connectivity index (χ1v) is 15.9. The first-order chi connectivity index (χ1) is 22.4. The quantitative estimate of drug-likeness (QED) is 0.125. The predicted octanol–water partition coefficient (Wildman–Crippen LogP) is 4.69. The number of nitrogens with zero attached hydrogens (tertiary/aromatic N) is 5. The fourth-order valence-electron chi connectivity index (χ4n) is 5.07. The van der Waals surface area contributed by atoms with Gasteiger partial charge in [0.1, 0.15) is 22.9 Å². The van der Waals surface area contributed by atoms with Crippen LogP contribution in [0, 0.1) is 3.57 Å². The molecule has 2 saturated heterocycles. The number of anilines is 4. The van der Waals surface area contributed by atoms with Crippen LogP contribution in [0.15, 0.2) is 66.5 Å². The highest BCUT2D eigenvalue weighted by molar-refractivity contribution is 14.1. The molecule has 242 valence electrons. The van der Waals surface area contributed by atoms with E-state index in [1.54, 1.807) is 44.8 Å². The highest BCUT2D eigenvalue weighted by atomic mass is 127. The molecule has 0 spiro atoms. The van der Waals surface area contributed by atoms with Crippen LogP contribution >= 0.6 is 22.6 Å². The van der Waals surface area contributed by atoms with Crippen LogP contribution in [0.1, 0.15) is 36.7 Å². The average Bonchev–Trinajstić information content (AvgIpc) is 3.57. The van der Waals surface area contributed by atoms with Crippen molar-refractivity contribution in [1.29, 1.82) is 0 Å². The molecule has 4 N–H and O–H groups in total. The fourth-order valence-corrected chi connectivity index (χ4v) is 5.61. The molecule has 14 nitrogen and oxygen atoms in total. The van der Waals surface area contributed by atoms with Gasteiger partial charge in [-0.1, -0.05) is 12.1 Å². The van der Waals surface area contributed by atoms with Crippen molar-refractivity contribution in [1.82, 2.24) is 35.0 Å². The molecule has 0 atom stereocenters. The van der Waals surface area contributed by atoms with Gasteiger partial charge >= 0.3 is 12.1 Å². The zero-order chi connectivity index (χ0) is 33.3. The molecule has 0 aliphatic carbocycles. The molecule has 2 aromatic heterocycles. The Morgan fingerprint density at radius 1 is 0.936 bits per heavy atom. The van der Waals surface area contributed by atoms with E-state index in [2.05, 4.69) is 49.0 Å². The molecule has 0 radical (unpaired) electrons. The average molecular weight is 750 g/mol. The van der Waals surface area contributed by atoms with Crippen molar-refractivity contribution < 1.29 is 23.9 Å². The van der Waals surface area contributed by atoms with E-state index in [4.69, 9.17) is 9.72 Å². The Morgan fingerprint density at radius 3 is 2.32 bits per heavy atom. The van der Waals surface area contributed by atoms with E-state index in [9.17, 15) is 19.2 Å². The zero-order valence-corrected chi connectivity index (χ0v) is 28.0. The number of piperazine rings is 1. The Bertz CT molecular complexity index is 1930. The van der Waals surface area contributed by atoms with Crippen LogP contribution in [0.4, 0.5) is 32.6 Å². The minimum Gasteiger partial charge on any atom is -0.444 e. The number of rotatable bonds is 6. The number of urea groups is 1. The summed E-state index contributed by atoms with van der Waals surface area (Å²) in [4.78, 5) is 57.9. The van der Waals surface area contributed by atoms with Crippen LogP contribution in [-0.4, -0.2) is 80.1 Å². The van der Waals surface area contributed by atoms with E-state index >= 15 is 0 Å². The van der Waals surface area contributed by atoms with Gasteiger partial charge in [0, 0.05) is 58.3 Å². The number of nitrogens with one attached hydrogen (secondary N) is 4. The van der Waals surface area contributed by atoms with E-state index in [1.807, 2.05) is 51.1 Å². The molecule has 0 bridgehead atoms. The van der Waals surface area contributed by atoms with Crippen LogP contribution in [0.3, 0.4) is 0 Å². The number of aromatic nitrogens is 3. The van der Waals surface area contributed by atoms with Gasteiger partial charge in [0.05, 0.1) is 6.20 Å². The Kier molecular flexibility index (Phi) is 8.72. The van der Waals surface area contributed by atoms with Crippen molar-refractivity contribution in [3.63, 3.8) is 0 Å². The summed E-state index contributed by atoms with van der Waals surface area (Å²) in [5.41, 5.74) is 2.34. The molecule has 2 aromatic carbocycles. The smallest absolute Gasteiger partial charge is 0.410 e. The predicted molar refractivity (Wildman–Crippen MR) is 184 cm³/mol. The molecule has 4 heterocycles. The number of fused-ring (bicyclic) bond motifs is 1. The summed E-state index contributed by atoms with van der Waals surface area (Å²) in [7, 11) is 0. The number of imide groups is 1. The van der Waals surface area contributed by atoms with E-state index in [1.165, 1.54) is 6.08 Å². The van der Waals surface area contributed by atoms with Crippen molar-refractivity contribution in [2.24, 2.45) is 0 Å². The number of amides is 5. The highest BCUT2D eigenvalue weighted by Gasteiger charge is 2.28. The third kappa shape index (κ3) is 7.45. The number of carbonyl (C=O) groups is 4. The van der Waals surface area contributed by atoms with Crippen LogP contribution in [-0.2, 0) is 9.53 Å². The van der Waals surface area contributed by atoms with Gasteiger partial charge in [0.15, 0.2) is 5.65 Å². The van der Waals surface area contributed by atoms with Gasteiger partial charge < -0.3 is 30.5 Å². The fraction of sp³-hybridized carbons (Fsp3) is 0.250. The van der Waals surface area contributed by atoms with Gasteiger partial charge in [0.2, 0.25) is 0 Å². The monoisotopic (exact) mass is 749 g/mol. The lowest BCUT2D eigenvalue weighted by Crippen LogP contribution is -2.51. The number of hydrogen-bond acceptors (Lipinski definition) is 9. The van der Waals surface area contributed by atoms with Crippen LogP contribution in [0.25, 0.3) is 11.7 Å². The van der Waals surface area contributed by atoms with Crippen LogP contribution in [0.5, 0.6) is 0 Å². The van der Waals surface area contributed by atoms with Crippen molar-refractivity contribution >= 4 is 81.3 Å². The molecule has 15 heteroatoms. The Labute approximate surface area is 283 Å². The summed E-state index contributed by atoms with van der Waals surface area (Å²) in [6.07, 6.45) is 2.67. The Morgan fingerprint density at radius 2 is 1.64 bits per heavy atom. The van der Waals surface area contributed by atoms with Gasteiger partial charge in [-0.05, 0) is 85.8 Å². The minimum absolute atomic E-state index is 0.0790. The Balaban J connectivity index is 1.26. The molecular formula is C32H32IN9O5. The molecule has 0 unspecified atom stereocenters. The molecule has 2 fully saturated rings. The standard InChI is InChI=1S/C32H32IN9O5/c1-32(2,3)47-31(46)41-12-10-40(11-13-41)29(44)19-6-4-8-22(14-19)36-26-17-25(35-23-9-5-7-21(33)16-23)38-27-20(18-34-42(26)27)15-24-28(43)39-30(45)37-24/h4-9,14-18,36H,10-13H2,1-3H3,(H,35,38)(H2,37,39,43,45)/b24-15-. The number of ether oxygens (including phenoxy) is 1. The van der Waals surface area contributed by atoms with Crippen molar-refractivity contribution in [2.45, 2.75) is 26.4 Å². The zero-order valence-electron chi connectivity index (χ0n) is 25.8. The summed E-state index contributed by atoms with van der Waals surface area (Å²) in [6.45, 7) is 7.01. The molecule has 2 aliphatic rings. The van der Waals surface area contributed by atoms with Crippen LogP contribution in [0.2, 0.25) is 0 Å². The first kappa shape index (κ1) is 31.8. The molecule has 47 heavy (non-hydrogen) atoms. The Hall–Kier alpha value is -5.19. The lowest BCUT2D eigenvalue weighted by molar-refractivity contribution is -0.115. The largest absolute Gasteiger partial charge is 0.444 e. The summed E-state index contributed by atoms with van der Waals surface area (Å²) >= 11 is 2.23. The van der Waals surface area contributed by atoms with E-state index in [0.29, 0.717) is 60.3 Å². The molecule has 5 amide bonds. The van der Waals surface area contributed by atoms with E-state index < -0.39 is 17.5 Å². The summed E-state index contributed by atoms with van der Waals surface area (Å²) in [5.74, 6) is 0.331. The highest BCUT2D eigenvalue weighted by Crippen LogP contribution is 2.27. The summed E-state index contributed by atoms with van der Waals surface area (Å²) in [6, 6.07) is 16.1. The first-order valence-electron chi connectivity index (χ1n) is 14.8. The van der Waals surface area contributed by atoms with Gasteiger partial charge in [-0.25, -0.2) is 14.6 Å². The molecular weight excluding hydrogens is 717 g/mol. The number of carbonyl (C=O) groups excluding carboxylic acids is 4. The maximum absolute atomic E-state index is 13.5. The maximum atomic E-state index is 13.5. The SMILES string of the molecule is CC(C)(C)OC(=O)N1CCN(C(=O)c2cccc(Nc3cc(Nc4cccc(I)c4)nc4c(/C=C5\NC(=O)NC5=O)cnn34)c2)CC1. The van der Waals surface area contributed by atoms with Gasteiger partial charge in [-0.2, -0.15) is 9.61 Å². The van der Waals surface area contributed by atoms with Crippen LogP contribution < -0.4 is 21.3 Å². The lowest BCUT2D eigenvalue weighted by atomic mass is 10.1. The van der Waals surface area contributed by atoms with Gasteiger partial charge in [-0.15, -0.1) is 0 Å². The normalized spacial score (nSPS) is 15.9. The van der Waals surface area contributed by atoms with Gasteiger partial charge in [-0.3, -0.25) is 14.9 Å².